The molecule has 7 heavy (non-hydrogen) atoms. The van der Waals surface area contributed by atoms with Gasteiger partial charge in [-0.2, -0.15) is 0 Å². The minimum atomic E-state index is 0.622. The van der Waals surface area contributed by atoms with Crippen molar-refractivity contribution in [2.24, 2.45) is 4.99 Å². The molecule has 2 heteroatoms. The van der Waals surface area contributed by atoms with Gasteiger partial charge in [-0.1, -0.05) is 0 Å². The molecule has 0 saturated carbocycles. The van der Waals surface area contributed by atoms with Crippen LogP contribution in [0.25, 0.3) is 0 Å². The van der Waals surface area contributed by atoms with Crippen LogP contribution in [-0.4, -0.2) is 12.8 Å². The van der Waals surface area contributed by atoms with Crippen LogP contribution in [0.15, 0.2) is 17.0 Å². The second kappa shape index (κ2) is 1.78. The number of rotatable bonds is 0. The van der Waals surface area contributed by atoms with Crippen molar-refractivity contribution >= 4 is 6.21 Å². The molecular weight excluding hydrogens is 90.1 g/mol. The minimum absolute atomic E-state index is 0.622. The maximum absolute atomic E-state index is 4.87. The molecule has 0 unspecified atom stereocenters. The van der Waals surface area contributed by atoms with Crippen LogP contribution in [0.5, 0.6) is 0 Å². The molecule has 0 bridgehead atoms. The third-order valence-electron chi connectivity index (χ3n) is 0.720. The van der Waals surface area contributed by atoms with Crippen LogP contribution in [-0.2, 0) is 4.74 Å². The minimum Gasteiger partial charge on any atom is -0.494 e. The molecule has 0 atom stereocenters. The summed E-state index contributed by atoms with van der Waals surface area (Å²) in [4.78, 5) is 3.94. The molecule has 2 nitrogen and oxygen atoms in total. The van der Waals surface area contributed by atoms with Gasteiger partial charge in [-0.05, 0) is 6.92 Å². The molecule has 1 rings (SSSR count). The first-order valence-corrected chi connectivity index (χ1v) is 2.20. The average molecular weight is 97.1 g/mol. The van der Waals surface area contributed by atoms with Crippen LogP contribution in [0, 0.1) is 0 Å². The Kier molecular flexibility index (Phi) is 1.11. The third kappa shape index (κ3) is 1.03. The third-order valence-corrected chi connectivity index (χ3v) is 0.720. The van der Waals surface area contributed by atoms with E-state index >= 15 is 0 Å². The second-order valence-corrected chi connectivity index (χ2v) is 1.40. The largest absolute Gasteiger partial charge is 0.494 e. The monoisotopic (exact) mass is 97.1 g/mol. The predicted molar refractivity (Wildman–Crippen MR) is 28.2 cm³/mol. The van der Waals surface area contributed by atoms with Crippen molar-refractivity contribution in [3.8, 4) is 0 Å². The van der Waals surface area contributed by atoms with Gasteiger partial charge < -0.3 is 4.74 Å². The second-order valence-electron chi connectivity index (χ2n) is 1.40. The molecule has 0 fully saturated rings. The summed E-state index contributed by atoms with van der Waals surface area (Å²) in [6.45, 7) is 2.52. The smallest absolute Gasteiger partial charge is 0.123 e. The standard InChI is InChI=1S/C5H7NO/c1-5-4-7-3-2-6-5/h2,4H,3H2,1H3. The number of ether oxygens (including phenoxy) is 1. The van der Waals surface area contributed by atoms with Gasteiger partial charge in [0.05, 0.1) is 5.70 Å². The molecule has 0 N–H and O–H groups in total. The molecule has 0 saturated heterocycles. The van der Waals surface area contributed by atoms with Gasteiger partial charge in [-0.15, -0.1) is 0 Å². The van der Waals surface area contributed by atoms with Crippen LogP contribution in [0.4, 0.5) is 0 Å². The van der Waals surface area contributed by atoms with Crippen molar-refractivity contribution in [3.05, 3.63) is 12.0 Å². The van der Waals surface area contributed by atoms with E-state index in [1.807, 2.05) is 6.92 Å². The van der Waals surface area contributed by atoms with Crippen LogP contribution < -0.4 is 0 Å². The summed E-state index contributed by atoms with van der Waals surface area (Å²) in [5, 5.41) is 0. The van der Waals surface area contributed by atoms with E-state index in [0.717, 1.165) is 5.70 Å². The SMILES string of the molecule is CC1=COCC=N1. The lowest BCUT2D eigenvalue weighted by atomic mass is 10.5. The maximum atomic E-state index is 4.87. The van der Waals surface area contributed by atoms with Gasteiger partial charge in [0, 0.05) is 6.21 Å². The summed E-state index contributed by atoms with van der Waals surface area (Å²) in [5.41, 5.74) is 0.936. The molecule has 0 aliphatic carbocycles. The van der Waals surface area contributed by atoms with E-state index in [1.165, 1.54) is 0 Å². The Balaban J connectivity index is 2.58. The Morgan fingerprint density at radius 2 is 2.71 bits per heavy atom. The van der Waals surface area contributed by atoms with Gasteiger partial charge in [-0.3, -0.25) is 4.99 Å². The average Bonchev–Trinajstić information content (AvgIpc) is 1.69. The zero-order valence-corrected chi connectivity index (χ0v) is 4.22. The van der Waals surface area contributed by atoms with E-state index in [-0.39, 0.29) is 0 Å². The lowest BCUT2D eigenvalue weighted by molar-refractivity contribution is 0.297. The van der Waals surface area contributed by atoms with E-state index in [1.54, 1.807) is 12.5 Å². The summed E-state index contributed by atoms with van der Waals surface area (Å²) in [6, 6.07) is 0. The van der Waals surface area contributed by atoms with E-state index < -0.39 is 0 Å². The Hall–Kier alpha value is -0.790. The van der Waals surface area contributed by atoms with Crippen molar-refractivity contribution in [3.63, 3.8) is 0 Å². The molecular formula is C5H7NO. The van der Waals surface area contributed by atoms with Crippen molar-refractivity contribution in [2.75, 3.05) is 6.61 Å². The number of hydrogen-bond donors (Lipinski definition) is 0. The fourth-order valence-electron chi connectivity index (χ4n) is 0.423. The summed E-state index contributed by atoms with van der Waals surface area (Å²) >= 11 is 0. The van der Waals surface area contributed by atoms with Crippen LogP contribution >= 0.6 is 0 Å². The Morgan fingerprint density at radius 1 is 1.86 bits per heavy atom. The molecule has 0 aromatic carbocycles. The van der Waals surface area contributed by atoms with Gasteiger partial charge in [0.1, 0.15) is 12.9 Å². The van der Waals surface area contributed by atoms with E-state index in [4.69, 9.17) is 4.74 Å². The highest BCUT2D eigenvalue weighted by atomic mass is 16.5. The van der Waals surface area contributed by atoms with E-state index in [2.05, 4.69) is 4.99 Å². The first kappa shape index (κ1) is 4.37. The number of nitrogens with zero attached hydrogens (tertiary/aromatic N) is 1. The molecule has 0 radical (unpaired) electrons. The Labute approximate surface area is 42.5 Å². The molecule has 0 spiro atoms. The highest BCUT2D eigenvalue weighted by molar-refractivity contribution is 5.60. The van der Waals surface area contributed by atoms with Crippen molar-refractivity contribution in [1.29, 1.82) is 0 Å². The highest BCUT2D eigenvalue weighted by Crippen LogP contribution is 1.96. The fourth-order valence-corrected chi connectivity index (χ4v) is 0.423. The first-order chi connectivity index (χ1) is 3.39. The molecule has 0 amide bonds. The normalized spacial score (nSPS) is 18.1. The molecule has 38 valence electrons. The lowest BCUT2D eigenvalue weighted by Crippen LogP contribution is -1.93. The lowest BCUT2D eigenvalue weighted by Gasteiger charge is -2.00. The summed E-state index contributed by atoms with van der Waals surface area (Å²) in [5.74, 6) is 0. The highest BCUT2D eigenvalue weighted by Gasteiger charge is 1.87. The van der Waals surface area contributed by atoms with Gasteiger partial charge in [0.2, 0.25) is 0 Å². The molecule has 0 aromatic rings. The molecule has 0 aromatic heterocycles. The van der Waals surface area contributed by atoms with E-state index in [9.17, 15) is 0 Å². The first-order valence-electron chi connectivity index (χ1n) is 2.20. The zero-order chi connectivity index (χ0) is 5.11. The van der Waals surface area contributed by atoms with Crippen molar-refractivity contribution in [2.45, 2.75) is 6.92 Å². The summed E-state index contributed by atoms with van der Waals surface area (Å²) in [6.07, 6.45) is 3.40. The zero-order valence-electron chi connectivity index (χ0n) is 4.22. The maximum Gasteiger partial charge on any atom is 0.123 e. The summed E-state index contributed by atoms with van der Waals surface area (Å²) in [7, 11) is 0. The number of allylic oxidation sites excluding steroid dienone is 1. The quantitative estimate of drug-likeness (QED) is 0.441. The Bertz CT molecular complexity index is 115. The van der Waals surface area contributed by atoms with E-state index in [0.29, 0.717) is 6.61 Å². The van der Waals surface area contributed by atoms with Crippen molar-refractivity contribution < 1.29 is 4.74 Å². The topological polar surface area (TPSA) is 21.6 Å². The summed E-state index contributed by atoms with van der Waals surface area (Å²) < 4.78 is 4.87. The van der Waals surface area contributed by atoms with Crippen LogP contribution in [0.2, 0.25) is 0 Å². The fraction of sp³-hybridized carbons (Fsp3) is 0.400. The number of aliphatic imine (C=N–C) groups is 1. The van der Waals surface area contributed by atoms with Crippen LogP contribution in [0.1, 0.15) is 6.92 Å². The van der Waals surface area contributed by atoms with Crippen molar-refractivity contribution in [1.82, 2.24) is 0 Å². The van der Waals surface area contributed by atoms with Gasteiger partial charge in [0.25, 0.3) is 0 Å². The molecule has 1 aliphatic heterocycles. The number of hydrogen-bond acceptors (Lipinski definition) is 2. The van der Waals surface area contributed by atoms with Gasteiger partial charge >= 0.3 is 0 Å². The molecule has 1 aliphatic rings. The van der Waals surface area contributed by atoms with Crippen LogP contribution in [0.3, 0.4) is 0 Å². The van der Waals surface area contributed by atoms with Gasteiger partial charge in [0.15, 0.2) is 0 Å². The Morgan fingerprint density at radius 3 is 3.00 bits per heavy atom. The predicted octanol–water partition coefficient (Wildman–Crippen LogP) is 0.949. The molecule has 1 heterocycles. The van der Waals surface area contributed by atoms with Gasteiger partial charge in [-0.25, -0.2) is 0 Å².